The highest BCUT2D eigenvalue weighted by Gasteiger charge is 2.29. The third-order valence-corrected chi connectivity index (χ3v) is 5.93. The van der Waals surface area contributed by atoms with Gasteiger partial charge in [-0.2, -0.15) is 0 Å². The van der Waals surface area contributed by atoms with Crippen molar-refractivity contribution < 1.29 is 4.79 Å². The lowest BCUT2D eigenvalue weighted by atomic mass is 10.1. The monoisotopic (exact) mass is 368 g/mol. The van der Waals surface area contributed by atoms with E-state index in [4.69, 9.17) is 0 Å². The summed E-state index contributed by atoms with van der Waals surface area (Å²) in [6.45, 7) is 9.15. The molecule has 1 aliphatic carbocycles. The van der Waals surface area contributed by atoms with Gasteiger partial charge in [0.25, 0.3) is 0 Å². The molecule has 3 heterocycles. The Labute approximate surface area is 160 Å². The van der Waals surface area contributed by atoms with E-state index in [0.717, 1.165) is 67.9 Å². The first-order valence-corrected chi connectivity index (χ1v) is 9.93. The van der Waals surface area contributed by atoms with Crippen LogP contribution in [0.1, 0.15) is 42.9 Å². The highest BCUT2D eigenvalue weighted by molar-refractivity contribution is 5.79. The molecule has 1 saturated heterocycles. The zero-order valence-electron chi connectivity index (χ0n) is 16.5. The molecule has 0 radical (unpaired) electrons. The smallest absolute Gasteiger partial charge is 0.225 e. The van der Waals surface area contributed by atoms with Crippen LogP contribution in [0.2, 0.25) is 0 Å². The Morgan fingerprint density at radius 1 is 1.00 bits per heavy atom. The van der Waals surface area contributed by atoms with Gasteiger partial charge in [0.15, 0.2) is 0 Å². The zero-order valence-corrected chi connectivity index (χ0v) is 16.5. The predicted octanol–water partition coefficient (Wildman–Crippen LogP) is 2.43. The van der Waals surface area contributed by atoms with Crippen molar-refractivity contribution in [2.45, 2.75) is 46.5 Å². The number of amides is 1. The number of carbonyl (C=O) groups is 1. The molecule has 0 N–H and O–H groups in total. The molecule has 1 aliphatic heterocycles. The minimum Gasteiger partial charge on any atom is -0.353 e. The second-order valence-corrected chi connectivity index (χ2v) is 7.71. The van der Waals surface area contributed by atoms with Gasteiger partial charge in [-0.15, -0.1) is 0 Å². The van der Waals surface area contributed by atoms with E-state index in [1.54, 1.807) is 0 Å². The van der Waals surface area contributed by atoms with Crippen LogP contribution in [-0.4, -0.2) is 56.5 Å². The summed E-state index contributed by atoms with van der Waals surface area (Å²) in [5.74, 6) is 3.14. The third-order valence-electron chi connectivity index (χ3n) is 5.93. The maximum absolute atomic E-state index is 12.6. The molecule has 27 heavy (non-hydrogen) atoms. The Morgan fingerprint density at radius 2 is 1.67 bits per heavy atom. The van der Waals surface area contributed by atoms with Crippen LogP contribution in [0.3, 0.4) is 0 Å². The number of hydrogen-bond acceptors (Lipinski definition) is 5. The second-order valence-electron chi connectivity index (χ2n) is 7.71. The van der Waals surface area contributed by atoms with Crippen LogP contribution in [0.25, 0.3) is 5.82 Å². The molecule has 7 nitrogen and oxygen atoms in total. The molecule has 1 saturated carbocycles. The summed E-state index contributed by atoms with van der Waals surface area (Å²) in [5, 5.41) is 0. The van der Waals surface area contributed by atoms with Gasteiger partial charge in [0.1, 0.15) is 23.8 Å². The number of rotatable bonds is 3. The number of aromatic nitrogens is 4. The highest BCUT2D eigenvalue weighted by Crippen LogP contribution is 2.27. The number of piperazine rings is 1. The molecular weight excluding hydrogens is 340 g/mol. The van der Waals surface area contributed by atoms with Crippen LogP contribution >= 0.6 is 0 Å². The van der Waals surface area contributed by atoms with Gasteiger partial charge in [-0.25, -0.2) is 15.0 Å². The van der Waals surface area contributed by atoms with E-state index >= 15 is 0 Å². The fraction of sp³-hybridized carbons (Fsp3) is 0.600. The number of hydrogen-bond donors (Lipinski definition) is 0. The van der Waals surface area contributed by atoms with Crippen molar-refractivity contribution in [3.05, 3.63) is 29.6 Å². The molecule has 144 valence electrons. The lowest BCUT2D eigenvalue weighted by Gasteiger charge is -2.36. The molecule has 0 atom stereocenters. The number of imidazole rings is 1. The van der Waals surface area contributed by atoms with Crippen molar-refractivity contribution >= 4 is 11.7 Å². The third kappa shape index (κ3) is 3.55. The van der Waals surface area contributed by atoms with E-state index in [1.807, 2.05) is 42.6 Å². The van der Waals surface area contributed by atoms with E-state index in [0.29, 0.717) is 5.91 Å². The van der Waals surface area contributed by atoms with Gasteiger partial charge in [-0.1, -0.05) is 12.8 Å². The summed E-state index contributed by atoms with van der Waals surface area (Å²) in [7, 11) is 0. The first-order valence-electron chi connectivity index (χ1n) is 9.93. The van der Waals surface area contributed by atoms with Gasteiger partial charge in [-0.05, 0) is 33.6 Å². The first-order chi connectivity index (χ1) is 13.0. The molecule has 2 aromatic rings. The lowest BCUT2D eigenvalue weighted by Crippen LogP contribution is -2.50. The van der Waals surface area contributed by atoms with E-state index < -0.39 is 0 Å². The van der Waals surface area contributed by atoms with Gasteiger partial charge >= 0.3 is 0 Å². The molecule has 4 rings (SSSR count). The van der Waals surface area contributed by atoms with Gasteiger partial charge in [-0.3, -0.25) is 9.36 Å². The van der Waals surface area contributed by atoms with Crippen molar-refractivity contribution in [2.24, 2.45) is 5.92 Å². The molecular formula is C20H28N6O. The zero-order chi connectivity index (χ0) is 19.0. The van der Waals surface area contributed by atoms with Gasteiger partial charge < -0.3 is 9.80 Å². The van der Waals surface area contributed by atoms with Crippen LogP contribution in [0.15, 0.2) is 12.4 Å². The summed E-state index contributed by atoms with van der Waals surface area (Å²) < 4.78 is 2.01. The van der Waals surface area contributed by atoms with Crippen molar-refractivity contribution in [2.75, 3.05) is 31.1 Å². The summed E-state index contributed by atoms with van der Waals surface area (Å²) in [6, 6.07) is 2.02. The van der Waals surface area contributed by atoms with Crippen LogP contribution in [-0.2, 0) is 4.79 Å². The summed E-state index contributed by atoms with van der Waals surface area (Å²) >= 11 is 0. The van der Waals surface area contributed by atoms with Gasteiger partial charge in [0.2, 0.25) is 5.91 Å². The number of nitrogens with zero attached hydrogens (tertiary/aromatic N) is 6. The molecule has 0 aromatic carbocycles. The number of aryl methyl sites for hydroxylation is 2. The van der Waals surface area contributed by atoms with E-state index in [-0.39, 0.29) is 5.92 Å². The van der Waals surface area contributed by atoms with Crippen molar-refractivity contribution in [3.8, 4) is 5.82 Å². The average molecular weight is 368 g/mol. The highest BCUT2D eigenvalue weighted by atomic mass is 16.2. The lowest BCUT2D eigenvalue weighted by molar-refractivity contribution is -0.135. The molecule has 2 aromatic heterocycles. The quantitative estimate of drug-likeness (QED) is 0.832. The van der Waals surface area contributed by atoms with Crippen LogP contribution in [0, 0.1) is 26.7 Å². The fourth-order valence-corrected chi connectivity index (χ4v) is 4.14. The Morgan fingerprint density at radius 3 is 2.30 bits per heavy atom. The van der Waals surface area contributed by atoms with Crippen molar-refractivity contribution in [1.82, 2.24) is 24.4 Å². The summed E-state index contributed by atoms with van der Waals surface area (Å²) in [4.78, 5) is 30.6. The normalized spacial score (nSPS) is 18.3. The molecule has 0 bridgehead atoms. The Hall–Kier alpha value is -2.44. The van der Waals surface area contributed by atoms with E-state index in [9.17, 15) is 4.79 Å². The molecule has 1 amide bonds. The van der Waals surface area contributed by atoms with Gasteiger partial charge in [0.05, 0.1) is 5.69 Å². The minimum atomic E-state index is 0.261. The van der Waals surface area contributed by atoms with Gasteiger partial charge in [0, 0.05) is 43.9 Å². The SMILES string of the molecule is Cc1nc(N2CCN(C(=O)C3CCCC3)CC2)cc(-n2cnc(C)c2C)n1. The number of carbonyl (C=O) groups excluding carboxylic acids is 1. The molecule has 2 fully saturated rings. The molecule has 0 spiro atoms. The Balaban J connectivity index is 1.48. The van der Waals surface area contributed by atoms with Crippen LogP contribution in [0.5, 0.6) is 0 Å². The Bertz CT molecular complexity index is 831. The fourth-order valence-electron chi connectivity index (χ4n) is 4.14. The van der Waals surface area contributed by atoms with Crippen molar-refractivity contribution in [3.63, 3.8) is 0 Å². The first kappa shape index (κ1) is 17.9. The summed E-state index contributed by atoms with van der Waals surface area (Å²) in [6.07, 6.45) is 6.35. The summed E-state index contributed by atoms with van der Waals surface area (Å²) in [5.41, 5.74) is 2.10. The molecule has 0 unspecified atom stereocenters. The largest absolute Gasteiger partial charge is 0.353 e. The van der Waals surface area contributed by atoms with E-state index in [1.165, 1.54) is 12.8 Å². The van der Waals surface area contributed by atoms with Crippen LogP contribution in [0.4, 0.5) is 5.82 Å². The maximum Gasteiger partial charge on any atom is 0.225 e. The second kappa shape index (κ2) is 7.29. The standard InChI is InChI=1S/C20H28N6O/c1-14-15(2)26(13-21-14)19-12-18(22-16(3)23-19)24-8-10-25(11-9-24)20(27)17-6-4-5-7-17/h12-13,17H,4-11H2,1-3H3. The average Bonchev–Trinajstić information content (AvgIpc) is 3.32. The molecule has 2 aliphatic rings. The minimum absolute atomic E-state index is 0.261. The topological polar surface area (TPSA) is 67.2 Å². The van der Waals surface area contributed by atoms with Crippen LogP contribution < -0.4 is 4.90 Å². The molecule has 7 heteroatoms. The number of anilines is 1. The van der Waals surface area contributed by atoms with Crippen molar-refractivity contribution in [1.29, 1.82) is 0 Å². The predicted molar refractivity (Wildman–Crippen MR) is 104 cm³/mol. The maximum atomic E-state index is 12.6. The van der Waals surface area contributed by atoms with E-state index in [2.05, 4.69) is 19.9 Å². The Kier molecular flexibility index (Phi) is 4.85.